The van der Waals surface area contributed by atoms with Gasteiger partial charge in [-0.2, -0.15) is 4.31 Å². The van der Waals surface area contributed by atoms with Gasteiger partial charge in [0.1, 0.15) is 5.75 Å². The summed E-state index contributed by atoms with van der Waals surface area (Å²) in [6.07, 6.45) is 0. The third-order valence-corrected chi connectivity index (χ3v) is 6.66. The molecule has 0 saturated carbocycles. The van der Waals surface area contributed by atoms with Crippen LogP contribution in [0.1, 0.15) is 29.8 Å². The van der Waals surface area contributed by atoms with Gasteiger partial charge in [0.25, 0.3) is 5.91 Å². The Labute approximate surface area is 178 Å². The number of benzene rings is 2. The zero-order valence-electron chi connectivity index (χ0n) is 17.6. The molecule has 0 aromatic heterocycles. The monoisotopic (exact) mass is 432 g/mol. The van der Waals surface area contributed by atoms with E-state index in [-0.39, 0.29) is 10.8 Å². The Bertz CT molecular complexity index is 998. The third kappa shape index (κ3) is 5.19. The third-order valence-electron chi connectivity index (χ3n) is 4.77. The number of carbonyl (C=O) groups excluding carboxylic acids is 1. The maximum absolute atomic E-state index is 13.0. The maximum atomic E-state index is 13.0. The van der Waals surface area contributed by atoms with Gasteiger partial charge in [0.15, 0.2) is 0 Å². The molecule has 3 rings (SSSR count). The fourth-order valence-corrected chi connectivity index (χ4v) is 4.52. The van der Waals surface area contributed by atoms with Gasteiger partial charge >= 0.3 is 0 Å². The zero-order chi connectivity index (χ0) is 21.7. The van der Waals surface area contributed by atoms with Crippen LogP contribution in [0.15, 0.2) is 47.4 Å². The average molecular weight is 433 g/mol. The summed E-state index contributed by atoms with van der Waals surface area (Å²) in [5.41, 5.74) is 1.54. The molecule has 1 amide bonds. The van der Waals surface area contributed by atoms with Gasteiger partial charge < -0.3 is 14.8 Å². The fraction of sp³-hybridized carbons (Fsp3) is 0.409. The number of carbonyl (C=O) groups is 1. The van der Waals surface area contributed by atoms with E-state index in [0.717, 1.165) is 0 Å². The number of amides is 1. The first-order valence-electron chi connectivity index (χ1n) is 10.0. The molecule has 8 heteroatoms. The molecular formula is C22H28N2O5S. The first-order valence-corrected chi connectivity index (χ1v) is 11.4. The number of rotatable bonds is 7. The molecule has 1 saturated heterocycles. The van der Waals surface area contributed by atoms with E-state index in [1.807, 2.05) is 26.0 Å². The zero-order valence-corrected chi connectivity index (χ0v) is 18.4. The molecule has 7 nitrogen and oxygen atoms in total. The Morgan fingerprint density at radius 1 is 1.17 bits per heavy atom. The van der Waals surface area contributed by atoms with Crippen LogP contribution >= 0.6 is 0 Å². The van der Waals surface area contributed by atoms with Crippen molar-refractivity contribution < 1.29 is 22.7 Å². The minimum atomic E-state index is -3.69. The summed E-state index contributed by atoms with van der Waals surface area (Å²) < 4.78 is 38.3. The summed E-state index contributed by atoms with van der Waals surface area (Å²) in [6, 6.07) is 11.8. The van der Waals surface area contributed by atoms with Gasteiger partial charge in [0.05, 0.1) is 30.4 Å². The molecular weight excluding hydrogens is 404 g/mol. The minimum Gasteiger partial charge on any atom is -0.491 e. The molecule has 2 aromatic carbocycles. The second-order valence-electron chi connectivity index (χ2n) is 7.65. The smallest absolute Gasteiger partial charge is 0.256 e. The number of aryl methyl sites for hydroxylation is 1. The largest absolute Gasteiger partial charge is 0.491 e. The summed E-state index contributed by atoms with van der Waals surface area (Å²) in [5, 5.41) is 2.86. The van der Waals surface area contributed by atoms with E-state index in [0.29, 0.717) is 61.4 Å². The van der Waals surface area contributed by atoms with Crippen molar-refractivity contribution in [2.75, 3.05) is 38.2 Å². The van der Waals surface area contributed by atoms with Crippen LogP contribution in [0.3, 0.4) is 0 Å². The minimum absolute atomic E-state index is 0.101. The quantitative estimate of drug-likeness (QED) is 0.726. The Hall–Kier alpha value is -2.42. The van der Waals surface area contributed by atoms with Crippen LogP contribution in [0.5, 0.6) is 5.75 Å². The van der Waals surface area contributed by atoms with Gasteiger partial charge in [-0.05, 0) is 42.7 Å². The van der Waals surface area contributed by atoms with Gasteiger partial charge in [0, 0.05) is 18.7 Å². The first-order chi connectivity index (χ1) is 14.3. The van der Waals surface area contributed by atoms with Gasteiger partial charge in [0.2, 0.25) is 10.0 Å². The number of ether oxygens (including phenoxy) is 2. The van der Waals surface area contributed by atoms with Crippen molar-refractivity contribution in [1.29, 1.82) is 0 Å². The van der Waals surface area contributed by atoms with Crippen LogP contribution in [0.25, 0.3) is 0 Å². The van der Waals surface area contributed by atoms with E-state index in [9.17, 15) is 13.2 Å². The second kappa shape index (κ2) is 9.59. The molecule has 1 N–H and O–H groups in total. The average Bonchev–Trinajstić information content (AvgIpc) is 2.73. The van der Waals surface area contributed by atoms with Crippen molar-refractivity contribution in [3.8, 4) is 5.75 Å². The molecule has 1 aliphatic heterocycles. The Kier molecular flexibility index (Phi) is 7.12. The second-order valence-corrected chi connectivity index (χ2v) is 9.59. The topological polar surface area (TPSA) is 84.9 Å². The highest BCUT2D eigenvalue weighted by Crippen LogP contribution is 2.26. The Morgan fingerprint density at radius 2 is 1.87 bits per heavy atom. The van der Waals surface area contributed by atoms with Crippen molar-refractivity contribution >= 4 is 21.6 Å². The van der Waals surface area contributed by atoms with E-state index < -0.39 is 10.0 Å². The highest BCUT2D eigenvalue weighted by Gasteiger charge is 2.27. The number of morpholine rings is 1. The van der Waals surface area contributed by atoms with E-state index in [4.69, 9.17) is 9.47 Å². The van der Waals surface area contributed by atoms with E-state index in [1.165, 1.54) is 16.4 Å². The normalized spacial score (nSPS) is 15.2. The number of nitrogens with one attached hydrogen (secondary N) is 1. The molecule has 1 fully saturated rings. The molecule has 162 valence electrons. The van der Waals surface area contributed by atoms with E-state index in [2.05, 4.69) is 5.32 Å². The molecule has 2 aromatic rings. The molecule has 0 bridgehead atoms. The van der Waals surface area contributed by atoms with E-state index in [1.54, 1.807) is 25.1 Å². The van der Waals surface area contributed by atoms with Crippen molar-refractivity contribution in [3.05, 3.63) is 53.6 Å². The predicted octanol–water partition coefficient (Wildman–Crippen LogP) is 3.30. The summed E-state index contributed by atoms with van der Waals surface area (Å²) in [6.45, 7) is 7.74. The molecule has 0 unspecified atom stereocenters. The highest BCUT2D eigenvalue weighted by atomic mass is 32.2. The van der Waals surface area contributed by atoms with Crippen LogP contribution < -0.4 is 10.1 Å². The number of anilines is 1. The SMILES string of the molecule is Cc1ccc(S(=O)(=O)N2CCOCC2)cc1C(=O)Nc1ccccc1OCC(C)C. The molecule has 1 heterocycles. The summed E-state index contributed by atoms with van der Waals surface area (Å²) in [7, 11) is -3.69. The summed E-state index contributed by atoms with van der Waals surface area (Å²) in [5.74, 6) is 0.541. The van der Waals surface area contributed by atoms with Gasteiger partial charge in [-0.1, -0.05) is 32.0 Å². The summed E-state index contributed by atoms with van der Waals surface area (Å²) in [4.78, 5) is 13.1. The van der Waals surface area contributed by atoms with Gasteiger partial charge in [-0.25, -0.2) is 8.42 Å². The number of hydrogen-bond donors (Lipinski definition) is 1. The number of hydrogen-bond acceptors (Lipinski definition) is 5. The van der Waals surface area contributed by atoms with Crippen LogP contribution in [0.4, 0.5) is 5.69 Å². The first kappa shape index (κ1) is 22.3. The highest BCUT2D eigenvalue weighted by molar-refractivity contribution is 7.89. The Balaban J connectivity index is 1.84. The van der Waals surface area contributed by atoms with Crippen LogP contribution in [0, 0.1) is 12.8 Å². The lowest BCUT2D eigenvalue weighted by Gasteiger charge is -2.26. The lowest BCUT2D eigenvalue weighted by Crippen LogP contribution is -2.40. The van der Waals surface area contributed by atoms with Crippen molar-refractivity contribution in [2.45, 2.75) is 25.7 Å². The lowest BCUT2D eigenvalue weighted by atomic mass is 10.1. The lowest BCUT2D eigenvalue weighted by molar-refractivity contribution is 0.0730. The fourth-order valence-electron chi connectivity index (χ4n) is 3.08. The molecule has 0 spiro atoms. The summed E-state index contributed by atoms with van der Waals surface area (Å²) >= 11 is 0. The van der Waals surface area contributed by atoms with Crippen LogP contribution in [-0.2, 0) is 14.8 Å². The van der Waals surface area contributed by atoms with E-state index >= 15 is 0 Å². The Morgan fingerprint density at radius 3 is 2.57 bits per heavy atom. The van der Waals surface area contributed by atoms with Crippen molar-refractivity contribution in [3.63, 3.8) is 0 Å². The molecule has 0 atom stereocenters. The maximum Gasteiger partial charge on any atom is 0.256 e. The van der Waals surface area contributed by atoms with Crippen LogP contribution in [-0.4, -0.2) is 51.5 Å². The number of nitrogens with zero attached hydrogens (tertiary/aromatic N) is 1. The molecule has 0 aliphatic carbocycles. The number of para-hydroxylation sites is 2. The van der Waals surface area contributed by atoms with Crippen molar-refractivity contribution in [2.24, 2.45) is 5.92 Å². The number of sulfonamides is 1. The molecule has 0 radical (unpaired) electrons. The van der Waals surface area contributed by atoms with Crippen LogP contribution in [0.2, 0.25) is 0 Å². The van der Waals surface area contributed by atoms with Gasteiger partial charge in [-0.3, -0.25) is 4.79 Å². The standard InChI is InChI=1S/C22H28N2O5S/c1-16(2)15-29-21-7-5-4-6-20(21)23-22(25)19-14-18(9-8-17(19)3)30(26,27)24-10-12-28-13-11-24/h4-9,14,16H,10-13,15H2,1-3H3,(H,23,25). The van der Waals surface area contributed by atoms with Gasteiger partial charge in [-0.15, -0.1) is 0 Å². The molecule has 30 heavy (non-hydrogen) atoms. The van der Waals surface area contributed by atoms with Crippen molar-refractivity contribution in [1.82, 2.24) is 4.31 Å². The molecule has 1 aliphatic rings. The predicted molar refractivity (Wildman–Crippen MR) is 115 cm³/mol.